The third-order valence-electron chi connectivity index (χ3n) is 2.80. The minimum absolute atomic E-state index is 0.147. The van der Waals surface area contributed by atoms with Crippen LogP contribution in [-0.4, -0.2) is 7.11 Å². The van der Waals surface area contributed by atoms with Crippen molar-refractivity contribution in [2.75, 3.05) is 7.11 Å². The molecule has 0 aliphatic heterocycles. The van der Waals surface area contributed by atoms with Gasteiger partial charge < -0.3 is 10.5 Å². The quantitative estimate of drug-likeness (QED) is 0.931. The summed E-state index contributed by atoms with van der Waals surface area (Å²) in [6.07, 6.45) is -4.39. The number of ether oxygens (including phenoxy) is 1. The summed E-state index contributed by atoms with van der Waals surface area (Å²) < 4.78 is 42.9. The van der Waals surface area contributed by atoms with Crippen LogP contribution < -0.4 is 10.5 Å². The van der Waals surface area contributed by atoms with E-state index in [4.69, 9.17) is 10.5 Å². The van der Waals surface area contributed by atoms with Gasteiger partial charge in [0, 0.05) is 5.56 Å². The minimum Gasteiger partial charge on any atom is -0.496 e. The first-order chi connectivity index (χ1) is 8.93. The molecular weight excluding hydrogens is 275 g/mol. The van der Waals surface area contributed by atoms with E-state index in [-0.39, 0.29) is 5.75 Å². The lowest BCUT2D eigenvalue weighted by Gasteiger charge is -2.17. The number of rotatable bonds is 3. The molecule has 2 aromatic rings. The number of benzene rings is 1. The van der Waals surface area contributed by atoms with Crippen LogP contribution in [0.3, 0.4) is 0 Å². The molecular formula is C13H12F3NOS. The summed E-state index contributed by atoms with van der Waals surface area (Å²) in [5.41, 5.74) is 6.68. The number of halogens is 3. The molecule has 102 valence electrons. The highest BCUT2D eigenvalue weighted by molar-refractivity contribution is 7.08. The van der Waals surface area contributed by atoms with Crippen LogP contribution in [0, 0.1) is 0 Å². The highest BCUT2D eigenvalue weighted by Gasteiger charge is 2.31. The van der Waals surface area contributed by atoms with Gasteiger partial charge in [0.05, 0.1) is 18.7 Å². The van der Waals surface area contributed by atoms with Crippen molar-refractivity contribution in [3.63, 3.8) is 0 Å². The molecule has 2 nitrogen and oxygen atoms in total. The molecule has 2 rings (SSSR count). The fourth-order valence-corrected chi connectivity index (χ4v) is 2.47. The van der Waals surface area contributed by atoms with Crippen LogP contribution in [0.15, 0.2) is 35.0 Å². The molecule has 0 radical (unpaired) electrons. The van der Waals surface area contributed by atoms with Crippen LogP contribution in [0.1, 0.15) is 22.7 Å². The molecule has 0 aliphatic carbocycles. The van der Waals surface area contributed by atoms with Crippen LogP contribution in [0.2, 0.25) is 0 Å². The Morgan fingerprint density at radius 2 is 2.00 bits per heavy atom. The average Bonchev–Trinajstić information content (AvgIpc) is 2.90. The number of alkyl halides is 3. The molecule has 1 aromatic carbocycles. The third kappa shape index (κ3) is 2.90. The van der Waals surface area contributed by atoms with Crippen LogP contribution in [-0.2, 0) is 6.18 Å². The van der Waals surface area contributed by atoms with E-state index in [1.165, 1.54) is 24.5 Å². The Morgan fingerprint density at radius 3 is 2.53 bits per heavy atom. The van der Waals surface area contributed by atoms with Gasteiger partial charge in [-0.1, -0.05) is 6.07 Å². The van der Waals surface area contributed by atoms with Gasteiger partial charge in [-0.25, -0.2) is 0 Å². The molecule has 0 unspecified atom stereocenters. The second kappa shape index (κ2) is 5.22. The summed E-state index contributed by atoms with van der Waals surface area (Å²) in [6, 6.07) is 4.70. The lowest BCUT2D eigenvalue weighted by atomic mass is 9.99. The first-order valence-electron chi connectivity index (χ1n) is 5.46. The van der Waals surface area contributed by atoms with Crippen molar-refractivity contribution in [3.8, 4) is 5.75 Å². The van der Waals surface area contributed by atoms with Gasteiger partial charge in [0.15, 0.2) is 0 Å². The highest BCUT2D eigenvalue weighted by Crippen LogP contribution is 2.36. The Hall–Kier alpha value is -1.53. The molecule has 1 aromatic heterocycles. The minimum atomic E-state index is -4.39. The number of nitrogens with two attached hydrogens (primary N) is 1. The number of hydrogen-bond acceptors (Lipinski definition) is 3. The van der Waals surface area contributed by atoms with E-state index in [9.17, 15) is 13.2 Å². The Morgan fingerprint density at radius 1 is 1.26 bits per heavy atom. The van der Waals surface area contributed by atoms with Crippen LogP contribution in [0.25, 0.3) is 0 Å². The summed E-state index contributed by atoms with van der Waals surface area (Å²) in [7, 11) is 1.33. The molecule has 0 spiro atoms. The van der Waals surface area contributed by atoms with Crippen molar-refractivity contribution in [1.82, 2.24) is 0 Å². The first-order valence-corrected chi connectivity index (χ1v) is 6.40. The Kier molecular flexibility index (Phi) is 3.82. The van der Waals surface area contributed by atoms with Gasteiger partial charge in [0.1, 0.15) is 5.75 Å². The topological polar surface area (TPSA) is 35.2 Å². The zero-order valence-corrected chi connectivity index (χ0v) is 10.9. The molecule has 1 heterocycles. The van der Waals surface area contributed by atoms with Crippen molar-refractivity contribution < 1.29 is 17.9 Å². The number of methoxy groups -OCH3 is 1. The summed E-state index contributed by atoms with van der Waals surface area (Å²) in [5, 5.41) is 3.73. The Labute approximate surface area is 112 Å². The van der Waals surface area contributed by atoms with Crippen LogP contribution in [0.5, 0.6) is 5.75 Å². The Bertz CT molecular complexity index is 552. The third-order valence-corrected chi connectivity index (χ3v) is 3.50. The van der Waals surface area contributed by atoms with E-state index >= 15 is 0 Å². The molecule has 0 amide bonds. The van der Waals surface area contributed by atoms with Gasteiger partial charge in [0.25, 0.3) is 0 Å². The summed E-state index contributed by atoms with van der Waals surface area (Å²) in [5.74, 6) is 0.147. The molecule has 6 heteroatoms. The molecule has 0 aliphatic rings. The monoisotopic (exact) mass is 287 g/mol. The van der Waals surface area contributed by atoms with Gasteiger partial charge in [-0.15, -0.1) is 0 Å². The van der Waals surface area contributed by atoms with Crippen LogP contribution >= 0.6 is 11.3 Å². The van der Waals surface area contributed by atoms with Crippen molar-refractivity contribution in [3.05, 3.63) is 51.7 Å². The molecule has 0 saturated carbocycles. The predicted molar refractivity (Wildman–Crippen MR) is 68.3 cm³/mol. The second-order valence-corrected chi connectivity index (χ2v) is 4.77. The zero-order valence-electron chi connectivity index (χ0n) is 10.1. The van der Waals surface area contributed by atoms with E-state index in [0.29, 0.717) is 5.56 Å². The summed E-state index contributed by atoms with van der Waals surface area (Å²) in [6.45, 7) is 0. The molecule has 0 fully saturated rings. The average molecular weight is 287 g/mol. The van der Waals surface area contributed by atoms with Crippen molar-refractivity contribution >= 4 is 11.3 Å². The molecule has 0 saturated heterocycles. The number of hydrogen-bond donors (Lipinski definition) is 1. The van der Waals surface area contributed by atoms with Gasteiger partial charge in [-0.05, 0) is 34.5 Å². The van der Waals surface area contributed by atoms with Crippen LogP contribution in [0.4, 0.5) is 13.2 Å². The van der Waals surface area contributed by atoms with E-state index in [2.05, 4.69) is 0 Å². The smallest absolute Gasteiger partial charge is 0.416 e. The molecule has 0 bridgehead atoms. The highest BCUT2D eigenvalue weighted by atomic mass is 32.1. The fraction of sp³-hybridized carbons (Fsp3) is 0.231. The Balaban J connectivity index is 2.42. The van der Waals surface area contributed by atoms with E-state index in [1.807, 2.05) is 16.8 Å². The van der Waals surface area contributed by atoms with E-state index < -0.39 is 17.8 Å². The predicted octanol–water partition coefficient (Wildman–Crippen LogP) is 3.82. The van der Waals surface area contributed by atoms with Gasteiger partial charge >= 0.3 is 6.18 Å². The maximum atomic E-state index is 12.6. The van der Waals surface area contributed by atoms with Crippen molar-refractivity contribution in [2.24, 2.45) is 5.73 Å². The first kappa shape index (κ1) is 13.9. The lowest BCUT2D eigenvalue weighted by molar-refractivity contribution is -0.137. The standard InChI is InChI=1S/C13H12F3NOS/c1-18-11-6-9(13(14,15)16)2-3-10(11)12(17)8-4-5-19-7-8/h2-7,12H,17H2,1H3/t12-/m1/s1. The molecule has 2 N–H and O–H groups in total. The van der Waals surface area contributed by atoms with Crippen molar-refractivity contribution in [1.29, 1.82) is 0 Å². The number of thiophene rings is 1. The normalized spacial score (nSPS) is 13.3. The second-order valence-electron chi connectivity index (χ2n) is 3.99. The zero-order chi connectivity index (χ0) is 14.0. The van der Waals surface area contributed by atoms with Gasteiger partial charge in [-0.3, -0.25) is 0 Å². The van der Waals surface area contributed by atoms with E-state index in [1.54, 1.807) is 0 Å². The summed E-state index contributed by atoms with van der Waals surface area (Å²) in [4.78, 5) is 0. The fourth-order valence-electron chi connectivity index (χ4n) is 1.78. The van der Waals surface area contributed by atoms with E-state index in [0.717, 1.165) is 17.7 Å². The maximum absolute atomic E-state index is 12.6. The largest absolute Gasteiger partial charge is 0.496 e. The SMILES string of the molecule is COc1cc(C(F)(F)F)ccc1[C@H](N)c1ccsc1. The lowest BCUT2D eigenvalue weighted by Crippen LogP contribution is -2.13. The maximum Gasteiger partial charge on any atom is 0.416 e. The van der Waals surface area contributed by atoms with Crippen molar-refractivity contribution in [2.45, 2.75) is 12.2 Å². The van der Waals surface area contributed by atoms with Gasteiger partial charge in [-0.2, -0.15) is 24.5 Å². The van der Waals surface area contributed by atoms with Gasteiger partial charge in [0.2, 0.25) is 0 Å². The summed E-state index contributed by atoms with van der Waals surface area (Å²) >= 11 is 1.48. The molecule has 19 heavy (non-hydrogen) atoms. The molecule has 1 atom stereocenters.